The van der Waals surface area contributed by atoms with Crippen molar-refractivity contribution in [2.24, 2.45) is 5.73 Å². The second kappa shape index (κ2) is 5.32. The fourth-order valence-corrected chi connectivity index (χ4v) is 1.92. The summed E-state index contributed by atoms with van der Waals surface area (Å²) >= 11 is 0. The summed E-state index contributed by atoms with van der Waals surface area (Å²) in [6, 6.07) is 0.835. The van der Waals surface area contributed by atoms with E-state index in [1.165, 1.54) is 0 Å². The highest BCUT2D eigenvalue weighted by atomic mass is 16.1. The molecule has 0 aromatic carbocycles. The Labute approximate surface area is 85.8 Å². The topological polar surface area (TPSA) is 58.4 Å². The lowest BCUT2D eigenvalue weighted by Gasteiger charge is -2.35. The fraction of sp³-hybridized carbons (Fsp3) is 0.900. The predicted molar refractivity (Wildman–Crippen MR) is 56.9 cm³/mol. The quantitative estimate of drug-likeness (QED) is 0.669. The van der Waals surface area contributed by atoms with Crippen molar-refractivity contribution in [1.82, 2.24) is 10.2 Å². The lowest BCUT2D eigenvalue weighted by Crippen LogP contribution is -2.48. The minimum atomic E-state index is 0.0790. The van der Waals surface area contributed by atoms with Gasteiger partial charge in [0.1, 0.15) is 0 Å². The third kappa shape index (κ3) is 3.27. The molecule has 4 nitrogen and oxygen atoms in total. The Hall–Kier alpha value is -0.610. The third-order valence-electron chi connectivity index (χ3n) is 2.90. The smallest absolute Gasteiger partial charge is 0.217 e. The van der Waals surface area contributed by atoms with Crippen molar-refractivity contribution in [2.45, 2.75) is 38.8 Å². The van der Waals surface area contributed by atoms with E-state index in [4.69, 9.17) is 5.73 Å². The highest BCUT2D eigenvalue weighted by molar-refractivity contribution is 5.73. The van der Waals surface area contributed by atoms with Gasteiger partial charge >= 0.3 is 0 Å². The Bertz CT molecular complexity index is 188. The van der Waals surface area contributed by atoms with Gasteiger partial charge in [0, 0.05) is 38.6 Å². The third-order valence-corrected chi connectivity index (χ3v) is 2.90. The molecule has 1 heterocycles. The number of nitrogens with two attached hydrogens (primary N) is 1. The molecule has 0 bridgehead atoms. The Morgan fingerprint density at radius 3 is 2.57 bits per heavy atom. The Kier molecular flexibility index (Phi) is 4.35. The van der Waals surface area contributed by atoms with Gasteiger partial charge in [-0.05, 0) is 19.8 Å². The normalized spacial score (nSPS) is 21.9. The largest absolute Gasteiger partial charge is 0.354 e. The van der Waals surface area contributed by atoms with Crippen molar-refractivity contribution in [3.05, 3.63) is 0 Å². The average molecular weight is 199 g/mol. The molecule has 0 aromatic heterocycles. The van der Waals surface area contributed by atoms with E-state index in [2.05, 4.69) is 17.1 Å². The fourth-order valence-electron chi connectivity index (χ4n) is 1.92. The van der Waals surface area contributed by atoms with E-state index in [9.17, 15) is 4.79 Å². The molecule has 1 aliphatic rings. The van der Waals surface area contributed by atoms with Gasteiger partial charge in [0.05, 0.1) is 0 Å². The number of nitrogens with zero attached hydrogens (tertiary/aromatic N) is 1. The van der Waals surface area contributed by atoms with Crippen LogP contribution in [0.2, 0.25) is 0 Å². The van der Waals surface area contributed by atoms with Crippen molar-refractivity contribution in [3.63, 3.8) is 0 Å². The molecule has 1 rings (SSSR count). The lowest BCUT2D eigenvalue weighted by molar-refractivity contribution is -0.120. The zero-order valence-corrected chi connectivity index (χ0v) is 9.12. The number of hydrogen-bond donors (Lipinski definition) is 2. The van der Waals surface area contributed by atoms with Crippen LogP contribution in [0.4, 0.5) is 0 Å². The van der Waals surface area contributed by atoms with Gasteiger partial charge in [-0.3, -0.25) is 9.69 Å². The molecule has 0 aliphatic carbocycles. The van der Waals surface area contributed by atoms with E-state index in [1.54, 1.807) is 6.92 Å². The summed E-state index contributed by atoms with van der Waals surface area (Å²) in [6.45, 7) is 6.53. The maximum absolute atomic E-state index is 10.8. The molecular formula is C10H21N3O. The molecule has 1 saturated heterocycles. The molecule has 0 radical (unpaired) electrons. The van der Waals surface area contributed by atoms with Gasteiger partial charge in [0.15, 0.2) is 0 Å². The number of hydrogen-bond acceptors (Lipinski definition) is 3. The van der Waals surface area contributed by atoms with Gasteiger partial charge in [0.2, 0.25) is 5.91 Å². The Balaban J connectivity index is 2.27. The molecule has 1 aliphatic heterocycles. The van der Waals surface area contributed by atoms with Crippen LogP contribution >= 0.6 is 0 Å². The Morgan fingerprint density at radius 1 is 1.57 bits per heavy atom. The highest BCUT2D eigenvalue weighted by Gasteiger charge is 2.21. The molecular weight excluding hydrogens is 178 g/mol. The first kappa shape index (κ1) is 11.5. The molecule has 1 amide bonds. The van der Waals surface area contributed by atoms with Crippen LogP contribution in [0, 0.1) is 0 Å². The summed E-state index contributed by atoms with van der Waals surface area (Å²) in [7, 11) is 0. The molecule has 0 aromatic rings. The van der Waals surface area contributed by atoms with Crippen LogP contribution < -0.4 is 11.1 Å². The van der Waals surface area contributed by atoms with Crippen LogP contribution in [0.25, 0.3) is 0 Å². The van der Waals surface area contributed by atoms with Crippen LogP contribution in [-0.2, 0) is 4.79 Å². The van der Waals surface area contributed by atoms with E-state index < -0.39 is 0 Å². The zero-order valence-electron chi connectivity index (χ0n) is 9.12. The van der Waals surface area contributed by atoms with Gasteiger partial charge in [-0.2, -0.15) is 0 Å². The summed E-state index contributed by atoms with van der Waals surface area (Å²) < 4.78 is 0. The molecule has 4 heteroatoms. The van der Waals surface area contributed by atoms with E-state index in [0.717, 1.165) is 25.9 Å². The van der Waals surface area contributed by atoms with E-state index in [1.807, 2.05) is 0 Å². The van der Waals surface area contributed by atoms with Crippen LogP contribution in [0.3, 0.4) is 0 Å². The minimum Gasteiger partial charge on any atom is -0.354 e. The van der Waals surface area contributed by atoms with E-state index in [-0.39, 0.29) is 5.91 Å². The van der Waals surface area contributed by atoms with Gasteiger partial charge in [0.25, 0.3) is 0 Å². The van der Waals surface area contributed by atoms with E-state index >= 15 is 0 Å². The lowest BCUT2D eigenvalue weighted by atomic mass is 10.0. The number of amides is 1. The van der Waals surface area contributed by atoms with Crippen LogP contribution in [-0.4, -0.2) is 42.5 Å². The number of likely N-dealkylation sites (tertiary alicyclic amines) is 1. The summed E-state index contributed by atoms with van der Waals surface area (Å²) in [5.41, 5.74) is 5.61. The molecule has 0 spiro atoms. The van der Waals surface area contributed by atoms with Gasteiger partial charge < -0.3 is 11.1 Å². The summed E-state index contributed by atoms with van der Waals surface area (Å²) in [5, 5.41) is 2.96. The summed E-state index contributed by atoms with van der Waals surface area (Å²) in [4.78, 5) is 13.2. The molecule has 3 N–H and O–H groups in total. The molecule has 14 heavy (non-hydrogen) atoms. The standard InChI is InChI=1S/C10H21N3O/c1-8(7-11)13-5-3-10(4-6-13)12-9(2)14/h8,10H,3-7,11H2,1-2H3,(H,12,14). The maximum Gasteiger partial charge on any atom is 0.217 e. The average Bonchev–Trinajstić information content (AvgIpc) is 2.17. The van der Waals surface area contributed by atoms with Crippen molar-refractivity contribution in [1.29, 1.82) is 0 Å². The van der Waals surface area contributed by atoms with Gasteiger partial charge in [-0.25, -0.2) is 0 Å². The summed E-state index contributed by atoms with van der Waals surface area (Å²) in [6.07, 6.45) is 2.09. The number of carbonyl (C=O) groups is 1. The number of rotatable bonds is 3. The molecule has 1 atom stereocenters. The van der Waals surface area contributed by atoms with Crippen LogP contribution in [0.1, 0.15) is 26.7 Å². The van der Waals surface area contributed by atoms with E-state index in [0.29, 0.717) is 18.6 Å². The molecule has 0 saturated carbocycles. The van der Waals surface area contributed by atoms with Gasteiger partial charge in [-0.15, -0.1) is 0 Å². The van der Waals surface area contributed by atoms with Crippen LogP contribution in [0.15, 0.2) is 0 Å². The molecule has 1 fully saturated rings. The first-order chi connectivity index (χ1) is 6.63. The molecule has 82 valence electrons. The van der Waals surface area contributed by atoms with Crippen molar-refractivity contribution in [2.75, 3.05) is 19.6 Å². The first-order valence-electron chi connectivity index (χ1n) is 5.34. The van der Waals surface area contributed by atoms with Crippen molar-refractivity contribution < 1.29 is 4.79 Å². The SMILES string of the molecule is CC(=O)NC1CCN(C(C)CN)CC1. The van der Waals surface area contributed by atoms with Crippen molar-refractivity contribution >= 4 is 5.91 Å². The second-order valence-corrected chi connectivity index (χ2v) is 4.10. The number of carbonyl (C=O) groups excluding carboxylic acids is 1. The first-order valence-corrected chi connectivity index (χ1v) is 5.34. The zero-order chi connectivity index (χ0) is 10.6. The van der Waals surface area contributed by atoms with Crippen molar-refractivity contribution in [3.8, 4) is 0 Å². The number of piperidine rings is 1. The van der Waals surface area contributed by atoms with Gasteiger partial charge in [-0.1, -0.05) is 0 Å². The van der Waals surface area contributed by atoms with Crippen LogP contribution in [0.5, 0.6) is 0 Å². The Morgan fingerprint density at radius 2 is 2.14 bits per heavy atom. The minimum absolute atomic E-state index is 0.0790. The maximum atomic E-state index is 10.8. The number of nitrogens with one attached hydrogen (secondary N) is 1. The molecule has 1 unspecified atom stereocenters. The second-order valence-electron chi connectivity index (χ2n) is 4.10. The summed E-state index contributed by atoms with van der Waals surface area (Å²) in [5.74, 6) is 0.0790. The monoisotopic (exact) mass is 199 g/mol. The predicted octanol–water partition coefficient (Wildman–Crippen LogP) is -0.0659. The highest BCUT2D eigenvalue weighted by Crippen LogP contribution is 2.12.